The summed E-state index contributed by atoms with van der Waals surface area (Å²) in [5.41, 5.74) is 1.37. The second-order valence-electron chi connectivity index (χ2n) is 3.75. The smallest absolute Gasteiger partial charge is 0.129 e. The molecule has 0 bridgehead atoms. The van der Waals surface area contributed by atoms with Crippen LogP contribution in [0.5, 0.6) is 0 Å². The molecule has 0 N–H and O–H groups in total. The van der Waals surface area contributed by atoms with Gasteiger partial charge < -0.3 is 0 Å². The summed E-state index contributed by atoms with van der Waals surface area (Å²) in [6, 6.07) is 4.11. The number of hydrogen-bond acceptors (Lipinski definition) is 1. The van der Waals surface area contributed by atoms with Gasteiger partial charge in [-0.25, -0.2) is 4.98 Å². The lowest BCUT2D eigenvalue weighted by molar-refractivity contribution is 0.443. The van der Waals surface area contributed by atoms with Crippen molar-refractivity contribution in [1.29, 1.82) is 0 Å². The van der Waals surface area contributed by atoms with Gasteiger partial charge in [0.15, 0.2) is 0 Å². The SMILES string of the molecule is Clc1cc(C2CCCCC2)ccn1. The zero-order valence-electron chi connectivity index (χ0n) is 7.67. The van der Waals surface area contributed by atoms with E-state index in [2.05, 4.69) is 11.1 Å². The maximum Gasteiger partial charge on any atom is 0.129 e. The van der Waals surface area contributed by atoms with E-state index >= 15 is 0 Å². The van der Waals surface area contributed by atoms with E-state index in [-0.39, 0.29) is 0 Å². The molecule has 1 aliphatic rings. The molecule has 1 heterocycles. The van der Waals surface area contributed by atoms with E-state index < -0.39 is 0 Å². The Morgan fingerprint density at radius 2 is 2.00 bits per heavy atom. The standard InChI is InChI=1S/C11H14ClN/c12-11-8-10(6-7-13-11)9-4-2-1-3-5-9/h6-9H,1-5H2. The normalized spacial score (nSPS) is 18.8. The third-order valence-electron chi connectivity index (χ3n) is 2.83. The van der Waals surface area contributed by atoms with Gasteiger partial charge in [0, 0.05) is 6.20 Å². The topological polar surface area (TPSA) is 12.9 Å². The molecule has 2 heteroatoms. The summed E-state index contributed by atoms with van der Waals surface area (Å²) in [5, 5.41) is 0.628. The van der Waals surface area contributed by atoms with Gasteiger partial charge in [-0.05, 0) is 36.5 Å². The largest absolute Gasteiger partial charge is 0.245 e. The van der Waals surface area contributed by atoms with Gasteiger partial charge in [-0.3, -0.25) is 0 Å². The van der Waals surface area contributed by atoms with Gasteiger partial charge in [-0.15, -0.1) is 0 Å². The average Bonchev–Trinajstić information content (AvgIpc) is 2.19. The lowest BCUT2D eigenvalue weighted by atomic mass is 9.84. The van der Waals surface area contributed by atoms with Crippen molar-refractivity contribution in [2.45, 2.75) is 38.0 Å². The molecule has 1 aromatic heterocycles. The van der Waals surface area contributed by atoms with Crippen LogP contribution in [0.15, 0.2) is 18.3 Å². The summed E-state index contributed by atoms with van der Waals surface area (Å²) >= 11 is 5.85. The molecule has 0 aliphatic heterocycles. The summed E-state index contributed by atoms with van der Waals surface area (Å²) in [5.74, 6) is 0.731. The van der Waals surface area contributed by atoms with Crippen LogP contribution >= 0.6 is 11.6 Å². The monoisotopic (exact) mass is 195 g/mol. The molecule has 0 spiro atoms. The molecule has 1 aromatic rings. The lowest BCUT2D eigenvalue weighted by Gasteiger charge is -2.21. The Hall–Kier alpha value is -0.560. The van der Waals surface area contributed by atoms with Crippen LogP contribution in [-0.4, -0.2) is 4.98 Å². The minimum atomic E-state index is 0.628. The molecule has 1 nitrogen and oxygen atoms in total. The summed E-state index contributed by atoms with van der Waals surface area (Å²) < 4.78 is 0. The van der Waals surface area contributed by atoms with Crippen LogP contribution in [-0.2, 0) is 0 Å². The molecule has 1 saturated carbocycles. The zero-order chi connectivity index (χ0) is 9.10. The third kappa shape index (κ3) is 2.22. The molecule has 0 aromatic carbocycles. The van der Waals surface area contributed by atoms with Crippen molar-refractivity contribution in [2.75, 3.05) is 0 Å². The molecule has 0 amide bonds. The Bertz CT molecular complexity index is 279. The molecular weight excluding hydrogens is 182 g/mol. The van der Waals surface area contributed by atoms with Crippen molar-refractivity contribution in [2.24, 2.45) is 0 Å². The van der Waals surface area contributed by atoms with E-state index in [4.69, 9.17) is 11.6 Å². The fourth-order valence-corrected chi connectivity index (χ4v) is 2.29. The molecule has 0 unspecified atom stereocenters. The van der Waals surface area contributed by atoms with Crippen LogP contribution in [0.25, 0.3) is 0 Å². The van der Waals surface area contributed by atoms with Crippen molar-refractivity contribution >= 4 is 11.6 Å². The quantitative estimate of drug-likeness (QED) is 0.622. The molecule has 13 heavy (non-hydrogen) atoms. The van der Waals surface area contributed by atoms with E-state index in [1.807, 2.05) is 12.3 Å². The van der Waals surface area contributed by atoms with Gasteiger partial charge >= 0.3 is 0 Å². The van der Waals surface area contributed by atoms with E-state index in [0.717, 1.165) is 5.92 Å². The van der Waals surface area contributed by atoms with Crippen molar-refractivity contribution in [1.82, 2.24) is 4.98 Å². The second kappa shape index (κ2) is 4.10. The molecule has 0 saturated heterocycles. The van der Waals surface area contributed by atoms with Crippen molar-refractivity contribution in [3.63, 3.8) is 0 Å². The summed E-state index contributed by atoms with van der Waals surface area (Å²) in [7, 11) is 0. The number of halogens is 1. The zero-order valence-corrected chi connectivity index (χ0v) is 8.43. The van der Waals surface area contributed by atoms with E-state index in [1.54, 1.807) is 0 Å². The Kier molecular flexibility index (Phi) is 2.84. The van der Waals surface area contributed by atoms with Crippen LogP contribution < -0.4 is 0 Å². The first-order valence-corrected chi connectivity index (χ1v) is 5.35. The van der Waals surface area contributed by atoms with E-state index in [9.17, 15) is 0 Å². The van der Waals surface area contributed by atoms with Gasteiger partial charge in [-0.2, -0.15) is 0 Å². The predicted molar refractivity (Wildman–Crippen MR) is 55.1 cm³/mol. The van der Waals surface area contributed by atoms with E-state index in [0.29, 0.717) is 5.15 Å². The maximum absolute atomic E-state index is 5.85. The van der Waals surface area contributed by atoms with Crippen LogP contribution in [0.2, 0.25) is 5.15 Å². The highest BCUT2D eigenvalue weighted by Crippen LogP contribution is 2.32. The van der Waals surface area contributed by atoms with Crippen LogP contribution in [0.3, 0.4) is 0 Å². The Labute approximate surface area is 84.1 Å². The van der Waals surface area contributed by atoms with Gasteiger partial charge in [0.05, 0.1) is 0 Å². The number of rotatable bonds is 1. The second-order valence-corrected chi connectivity index (χ2v) is 4.13. The summed E-state index contributed by atoms with van der Waals surface area (Å²) in [4.78, 5) is 4.00. The number of hydrogen-bond donors (Lipinski definition) is 0. The molecule has 1 aliphatic carbocycles. The minimum absolute atomic E-state index is 0.628. The fourth-order valence-electron chi connectivity index (χ4n) is 2.11. The molecule has 70 valence electrons. The molecule has 0 radical (unpaired) electrons. The highest BCUT2D eigenvalue weighted by molar-refractivity contribution is 6.29. The Morgan fingerprint density at radius 1 is 1.23 bits per heavy atom. The van der Waals surface area contributed by atoms with Crippen LogP contribution in [0, 0.1) is 0 Å². The minimum Gasteiger partial charge on any atom is -0.245 e. The van der Waals surface area contributed by atoms with Gasteiger partial charge in [0.25, 0.3) is 0 Å². The first-order chi connectivity index (χ1) is 6.36. The van der Waals surface area contributed by atoms with Crippen molar-refractivity contribution in [3.05, 3.63) is 29.0 Å². The number of pyridine rings is 1. The fraction of sp³-hybridized carbons (Fsp3) is 0.545. The van der Waals surface area contributed by atoms with Crippen LogP contribution in [0.4, 0.5) is 0 Å². The van der Waals surface area contributed by atoms with Gasteiger partial charge in [0.1, 0.15) is 5.15 Å². The lowest BCUT2D eigenvalue weighted by Crippen LogP contribution is -2.04. The molecule has 0 atom stereocenters. The maximum atomic E-state index is 5.85. The predicted octanol–water partition coefficient (Wildman–Crippen LogP) is 3.78. The third-order valence-corrected chi connectivity index (χ3v) is 3.03. The van der Waals surface area contributed by atoms with Gasteiger partial charge in [0.2, 0.25) is 0 Å². The van der Waals surface area contributed by atoms with Crippen molar-refractivity contribution in [3.8, 4) is 0 Å². The molecular formula is C11H14ClN. The first-order valence-electron chi connectivity index (χ1n) is 4.98. The molecule has 1 fully saturated rings. The number of nitrogens with zero attached hydrogens (tertiary/aromatic N) is 1. The first kappa shape index (κ1) is 9.01. The highest BCUT2D eigenvalue weighted by Gasteiger charge is 2.15. The Morgan fingerprint density at radius 3 is 2.69 bits per heavy atom. The van der Waals surface area contributed by atoms with Crippen molar-refractivity contribution < 1.29 is 0 Å². The van der Waals surface area contributed by atoms with Gasteiger partial charge in [-0.1, -0.05) is 30.9 Å². The summed E-state index contributed by atoms with van der Waals surface area (Å²) in [6.07, 6.45) is 8.58. The number of aromatic nitrogens is 1. The molecule has 2 rings (SSSR count). The Balaban J connectivity index is 2.14. The average molecular weight is 196 g/mol. The summed E-state index contributed by atoms with van der Waals surface area (Å²) in [6.45, 7) is 0. The highest BCUT2D eigenvalue weighted by atomic mass is 35.5. The van der Waals surface area contributed by atoms with E-state index in [1.165, 1.54) is 37.7 Å². The van der Waals surface area contributed by atoms with Crippen LogP contribution in [0.1, 0.15) is 43.6 Å².